The summed E-state index contributed by atoms with van der Waals surface area (Å²) in [6.45, 7) is 0. The van der Waals surface area contributed by atoms with Gasteiger partial charge in [0.2, 0.25) is 0 Å². The number of nitro groups is 1. The van der Waals surface area contributed by atoms with E-state index in [1.54, 1.807) is 12.1 Å². The number of nitro benzene ring substituents is 1. The number of rotatable bonds is 4. The van der Waals surface area contributed by atoms with Crippen molar-refractivity contribution in [2.45, 2.75) is 6.18 Å². The van der Waals surface area contributed by atoms with Crippen molar-refractivity contribution in [3.8, 4) is 5.75 Å². The van der Waals surface area contributed by atoms with Crippen LogP contribution in [0, 0.1) is 10.1 Å². The second-order valence-electron chi connectivity index (χ2n) is 4.45. The van der Waals surface area contributed by atoms with Gasteiger partial charge in [0, 0.05) is 6.07 Å². The van der Waals surface area contributed by atoms with E-state index in [1.165, 1.54) is 18.3 Å². The van der Waals surface area contributed by atoms with E-state index < -0.39 is 22.4 Å². The minimum absolute atomic E-state index is 0.0634. The third-order valence-electron chi connectivity index (χ3n) is 2.81. The number of hydrogen-bond donors (Lipinski definition) is 2. The Hall–Kier alpha value is -3.10. The topological polar surface area (TPSA) is 87.8 Å². The van der Waals surface area contributed by atoms with E-state index in [2.05, 4.69) is 10.5 Å². The SMILES string of the molecule is O=[N+]([O-])c1cc(C(F)(F)F)ccc1N/N=C\c1ccc(O)cc1. The van der Waals surface area contributed by atoms with Crippen molar-refractivity contribution in [3.05, 3.63) is 63.7 Å². The van der Waals surface area contributed by atoms with Crippen molar-refractivity contribution in [1.29, 1.82) is 0 Å². The van der Waals surface area contributed by atoms with Gasteiger partial charge >= 0.3 is 6.18 Å². The van der Waals surface area contributed by atoms with Gasteiger partial charge in [-0.1, -0.05) is 0 Å². The predicted octanol–water partition coefficient (Wildman–Crippen LogP) is 3.77. The number of halogens is 3. The van der Waals surface area contributed by atoms with E-state index in [0.717, 1.165) is 12.1 Å². The van der Waals surface area contributed by atoms with Gasteiger partial charge < -0.3 is 5.11 Å². The first kappa shape index (κ1) is 16.3. The number of phenols is 1. The Kier molecular flexibility index (Phi) is 4.49. The van der Waals surface area contributed by atoms with Crippen LogP contribution in [0.15, 0.2) is 47.6 Å². The molecule has 2 aromatic rings. The van der Waals surface area contributed by atoms with Gasteiger partial charge in [-0.25, -0.2) is 0 Å². The van der Waals surface area contributed by atoms with Crippen LogP contribution in [0.5, 0.6) is 5.75 Å². The molecular formula is C14H10F3N3O3. The maximum Gasteiger partial charge on any atom is 0.416 e. The first-order valence-corrected chi connectivity index (χ1v) is 6.21. The molecule has 9 heteroatoms. The summed E-state index contributed by atoms with van der Waals surface area (Å²) < 4.78 is 37.7. The summed E-state index contributed by atoms with van der Waals surface area (Å²) in [7, 11) is 0. The quantitative estimate of drug-likeness (QED) is 0.509. The Morgan fingerprint density at radius 1 is 1.17 bits per heavy atom. The third-order valence-corrected chi connectivity index (χ3v) is 2.81. The zero-order chi connectivity index (χ0) is 17.0. The summed E-state index contributed by atoms with van der Waals surface area (Å²) in [6, 6.07) is 8.03. The van der Waals surface area contributed by atoms with E-state index in [0.29, 0.717) is 11.6 Å². The Labute approximate surface area is 128 Å². The summed E-state index contributed by atoms with van der Waals surface area (Å²) >= 11 is 0. The maximum absolute atomic E-state index is 12.6. The van der Waals surface area contributed by atoms with E-state index >= 15 is 0 Å². The summed E-state index contributed by atoms with van der Waals surface area (Å²) in [5, 5.41) is 23.7. The van der Waals surface area contributed by atoms with Gasteiger partial charge in [0.25, 0.3) is 5.69 Å². The van der Waals surface area contributed by atoms with Crippen LogP contribution in [0.25, 0.3) is 0 Å². The lowest BCUT2D eigenvalue weighted by molar-refractivity contribution is -0.384. The summed E-state index contributed by atoms with van der Waals surface area (Å²) in [4.78, 5) is 9.97. The van der Waals surface area contributed by atoms with Crippen LogP contribution in [-0.4, -0.2) is 16.2 Å². The molecule has 0 fully saturated rings. The van der Waals surface area contributed by atoms with E-state index in [9.17, 15) is 23.3 Å². The molecule has 23 heavy (non-hydrogen) atoms. The fourth-order valence-electron chi connectivity index (χ4n) is 1.69. The number of nitrogens with zero attached hydrogens (tertiary/aromatic N) is 2. The summed E-state index contributed by atoms with van der Waals surface area (Å²) in [5.74, 6) is 0.0634. The lowest BCUT2D eigenvalue weighted by atomic mass is 10.1. The number of hydrogen-bond acceptors (Lipinski definition) is 5. The average molecular weight is 325 g/mol. The minimum Gasteiger partial charge on any atom is -0.508 e. The standard InChI is InChI=1S/C14H10F3N3O3/c15-14(16,17)10-3-6-12(13(7-10)20(22)23)19-18-8-9-1-4-11(21)5-2-9/h1-8,19,21H/b18-8-. The lowest BCUT2D eigenvalue weighted by Gasteiger charge is -2.08. The monoisotopic (exact) mass is 325 g/mol. The van der Waals surface area contributed by atoms with Gasteiger partial charge in [0.05, 0.1) is 16.7 Å². The fraction of sp³-hybridized carbons (Fsp3) is 0.0714. The highest BCUT2D eigenvalue weighted by Gasteiger charge is 2.33. The molecule has 0 spiro atoms. The number of anilines is 1. The van der Waals surface area contributed by atoms with Crippen molar-refractivity contribution in [2.75, 3.05) is 5.43 Å². The van der Waals surface area contributed by atoms with Crippen LogP contribution in [0.1, 0.15) is 11.1 Å². The molecule has 0 amide bonds. The van der Waals surface area contributed by atoms with Crippen molar-refractivity contribution in [3.63, 3.8) is 0 Å². The maximum atomic E-state index is 12.6. The molecule has 0 atom stereocenters. The molecule has 2 N–H and O–H groups in total. The Bertz CT molecular complexity index is 743. The third kappa shape index (κ3) is 4.19. The smallest absolute Gasteiger partial charge is 0.416 e. The molecule has 0 bridgehead atoms. The van der Waals surface area contributed by atoms with Crippen molar-refractivity contribution in [1.82, 2.24) is 0 Å². The zero-order valence-corrected chi connectivity index (χ0v) is 11.4. The fourth-order valence-corrected chi connectivity index (χ4v) is 1.69. The van der Waals surface area contributed by atoms with E-state index in [4.69, 9.17) is 5.11 Å². The molecular weight excluding hydrogens is 315 g/mol. The Morgan fingerprint density at radius 3 is 2.39 bits per heavy atom. The predicted molar refractivity (Wildman–Crippen MR) is 77.4 cm³/mol. The molecule has 120 valence electrons. The highest BCUT2D eigenvalue weighted by Crippen LogP contribution is 2.34. The molecule has 0 aliphatic rings. The first-order valence-electron chi connectivity index (χ1n) is 6.21. The van der Waals surface area contributed by atoms with Crippen molar-refractivity contribution in [2.24, 2.45) is 5.10 Å². The first-order chi connectivity index (χ1) is 10.8. The number of nitrogens with one attached hydrogen (secondary N) is 1. The van der Waals surface area contributed by atoms with Gasteiger partial charge in [-0.2, -0.15) is 18.3 Å². The Morgan fingerprint density at radius 2 is 1.83 bits per heavy atom. The largest absolute Gasteiger partial charge is 0.508 e. The summed E-state index contributed by atoms with van der Waals surface area (Å²) in [5.41, 5.74) is 0.906. The molecule has 0 unspecified atom stereocenters. The molecule has 0 radical (unpaired) electrons. The van der Waals surface area contributed by atoms with Gasteiger partial charge in [-0.05, 0) is 42.0 Å². The molecule has 0 aliphatic heterocycles. The van der Waals surface area contributed by atoms with Crippen molar-refractivity contribution < 1.29 is 23.2 Å². The Balaban J connectivity index is 2.22. The molecule has 2 rings (SSSR count). The average Bonchev–Trinajstić information content (AvgIpc) is 2.48. The second kappa shape index (κ2) is 6.34. The molecule has 0 aromatic heterocycles. The van der Waals surface area contributed by atoms with Crippen LogP contribution in [-0.2, 0) is 6.18 Å². The molecule has 0 saturated heterocycles. The summed E-state index contributed by atoms with van der Waals surface area (Å²) in [6.07, 6.45) is -3.36. The number of benzene rings is 2. The van der Waals surface area contributed by atoms with Gasteiger partial charge in [0.15, 0.2) is 0 Å². The van der Waals surface area contributed by atoms with Crippen molar-refractivity contribution >= 4 is 17.6 Å². The van der Waals surface area contributed by atoms with Gasteiger partial charge in [0.1, 0.15) is 11.4 Å². The van der Waals surface area contributed by atoms with E-state index in [-0.39, 0.29) is 11.4 Å². The number of hydrazone groups is 1. The van der Waals surface area contributed by atoms with Crippen LogP contribution >= 0.6 is 0 Å². The van der Waals surface area contributed by atoms with E-state index in [1.807, 2.05) is 0 Å². The molecule has 6 nitrogen and oxygen atoms in total. The number of phenolic OH excluding ortho intramolecular Hbond substituents is 1. The lowest BCUT2D eigenvalue weighted by Crippen LogP contribution is -2.06. The number of aromatic hydroxyl groups is 1. The highest BCUT2D eigenvalue weighted by molar-refractivity contribution is 5.80. The van der Waals surface area contributed by atoms with Crippen LogP contribution in [0.3, 0.4) is 0 Å². The molecule has 0 aliphatic carbocycles. The van der Waals surface area contributed by atoms with Crippen LogP contribution < -0.4 is 5.43 Å². The highest BCUT2D eigenvalue weighted by atomic mass is 19.4. The zero-order valence-electron chi connectivity index (χ0n) is 11.4. The van der Waals surface area contributed by atoms with Crippen LogP contribution in [0.2, 0.25) is 0 Å². The van der Waals surface area contributed by atoms with Gasteiger partial charge in [-0.15, -0.1) is 0 Å². The normalized spacial score (nSPS) is 11.6. The molecule has 0 saturated carbocycles. The van der Waals surface area contributed by atoms with Crippen LogP contribution in [0.4, 0.5) is 24.5 Å². The minimum atomic E-state index is -4.67. The molecule has 0 heterocycles. The van der Waals surface area contributed by atoms with Gasteiger partial charge in [-0.3, -0.25) is 15.5 Å². The molecule has 2 aromatic carbocycles. The second-order valence-corrected chi connectivity index (χ2v) is 4.45. The number of alkyl halides is 3.